The largest absolute Gasteiger partial charge is 0.426 e. The van der Waals surface area contributed by atoms with Crippen LogP contribution in [0.4, 0.5) is 4.39 Å². The number of halogens is 1. The Kier molecular flexibility index (Phi) is 7.21. The number of ether oxygens (including phenoxy) is 2. The smallest absolute Gasteiger partial charge is 0.314 e. The quantitative estimate of drug-likeness (QED) is 0.304. The van der Waals surface area contributed by atoms with Gasteiger partial charge in [0.1, 0.15) is 11.6 Å². The molecule has 0 aliphatic heterocycles. The molecule has 0 saturated heterocycles. The first-order chi connectivity index (χ1) is 14.0. The van der Waals surface area contributed by atoms with Gasteiger partial charge in [0.25, 0.3) is 0 Å². The average molecular weight is 392 g/mol. The van der Waals surface area contributed by atoms with Gasteiger partial charge in [0.2, 0.25) is 0 Å². The van der Waals surface area contributed by atoms with Crippen molar-refractivity contribution >= 4 is 5.97 Å². The van der Waals surface area contributed by atoms with E-state index in [9.17, 15) is 9.18 Å². The fourth-order valence-electron chi connectivity index (χ4n) is 3.31. The van der Waals surface area contributed by atoms with Crippen molar-refractivity contribution in [2.24, 2.45) is 5.92 Å². The Bertz CT molecular complexity index is 913. The molecular weight excluding hydrogens is 367 g/mol. The zero-order chi connectivity index (χ0) is 20.6. The molecule has 3 nitrogen and oxygen atoms in total. The lowest BCUT2D eigenvalue weighted by molar-refractivity contribution is -0.140. The van der Waals surface area contributed by atoms with Crippen molar-refractivity contribution in [2.45, 2.75) is 38.7 Å². The summed E-state index contributed by atoms with van der Waals surface area (Å²) in [6, 6.07) is 12.1. The minimum Gasteiger partial charge on any atom is -0.426 e. The van der Waals surface area contributed by atoms with Gasteiger partial charge in [-0.05, 0) is 56.9 Å². The van der Waals surface area contributed by atoms with Crippen LogP contribution in [0.3, 0.4) is 0 Å². The summed E-state index contributed by atoms with van der Waals surface area (Å²) >= 11 is 0. The lowest BCUT2D eigenvalue weighted by Gasteiger charge is -2.26. The van der Waals surface area contributed by atoms with Gasteiger partial charge in [-0.1, -0.05) is 35.6 Å². The zero-order valence-electron chi connectivity index (χ0n) is 16.6. The second kappa shape index (κ2) is 10.0. The third-order valence-electron chi connectivity index (χ3n) is 5.01. The molecule has 4 heteroatoms. The molecule has 0 spiro atoms. The summed E-state index contributed by atoms with van der Waals surface area (Å²) in [5, 5.41) is 0. The molecule has 0 N–H and O–H groups in total. The zero-order valence-corrected chi connectivity index (χ0v) is 16.6. The van der Waals surface area contributed by atoms with E-state index in [0.717, 1.165) is 24.0 Å². The maximum atomic E-state index is 14.4. The number of esters is 1. The molecule has 0 bridgehead atoms. The van der Waals surface area contributed by atoms with Crippen molar-refractivity contribution in [3.05, 3.63) is 77.6 Å². The molecule has 2 aromatic rings. The summed E-state index contributed by atoms with van der Waals surface area (Å²) in [5.74, 6) is 4.98. The molecule has 1 saturated carbocycles. The van der Waals surface area contributed by atoms with Crippen LogP contribution in [0.25, 0.3) is 0 Å². The summed E-state index contributed by atoms with van der Waals surface area (Å²) < 4.78 is 25.4. The molecule has 0 unspecified atom stereocenters. The highest BCUT2D eigenvalue weighted by molar-refractivity contribution is 5.75. The fraction of sp³-hybridized carbons (Fsp3) is 0.320. The molecule has 0 atom stereocenters. The van der Waals surface area contributed by atoms with Crippen LogP contribution in [0.1, 0.15) is 42.4 Å². The van der Waals surface area contributed by atoms with Gasteiger partial charge in [-0.15, -0.1) is 6.58 Å². The average Bonchev–Trinajstić information content (AvgIpc) is 2.73. The number of hydrogen-bond donors (Lipinski definition) is 0. The molecule has 0 amide bonds. The van der Waals surface area contributed by atoms with Gasteiger partial charge in [-0.3, -0.25) is 4.79 Å². The lowest BCUT2D eigenvalue weighted by Crippen LogP contribution is -2.29. The Morgan fingerprint density at radius 1 is 1.14 bits per heavy atom. The van der Waals surface area contributed by atoms with Crippen molar-refractivity contribution in [3.63, 3.8) is 0 Å². The van der Waals surface area contributed by atoms with Gasteiger partial charge >= 0.3 is 5.97 Å². The lowest BCUT2D eigenvalue weighted by atomic mass is 9.87. The Morgan fingerprint density at radius 3 is 2.52 bits per heavy atom. The summed E-state index contributed by atoms with van der Waals surface area (Å²) in [6.45, 7) is 6.17. The third-order valence-corrected chi connectivity index (χ3v) is 5.01. The molecule has 1 aliphatic rings. The standard InChI is InChI=1S/C25H25FO3/c1-3-16-28-22-13-11-21(12-14-22)25(27)29-23-15-10-20(24(26)17-23)9-8-19-6-4-18(2)5-7-19/h3-7,10,15,17,21-22H,1,11-14,16H2,2H3. The molecule has 29 heavy (non-hydrogen) atoms. The maximum absolute atomic E-state index is 14.4. The van der Waals surface area contributed by atoms with Crippen LogP contribution in [0, 0.1) is 30.5 Å². The van der Waals surface area contributed by atoms with E-state index >= 15 is 0 Å². The van der Waals surface area contributed by atoms with Crippen molar-refractivity contribution in [1.29, 1.82) is 0 Å². The van der Waals surface area contributed by atoms with Gasteiger partial charge in [0, 0.05) is 11.6 Å². The highest BCUT2D eigenvalue weighted by Crippen LogP contribution is 2.28. The number of aryl methyl sites for hydroxylation is 1. The van der Waals surface area contributed by atoms with E-state index in [0.29, 0.717) is 19.4 Å². The van der Waals surface area contributed by atoms with Gasteiger partial charge in [0.05, 0.1) is 24.2 Å². The Hall–Kier alpha value is -2.90. The van der Waals surface area contributed by atoms with Crippen LogP contribution >= 0.6 is 0 Å². The fourth-order valence-corrected chi connectivity index (χ4v) is 3.31. The first-order valence-corrected chi connectivity index (χ1v) is 9.87. The highest BCUT2D eigenvalue weighted by Gasteiger charge is 2.28. The van der Waals surface area contributed by atoms with E-state index < -0.39 is 5.82 Å². The van der Waals surface area contributed by atoms with Crippen LogP contribution in [0.15, 0.2) is 55.1 Å². The highest BCUT2D eigenvalue weighted by atomic mass is 19.1. The molecule has 1 aliphatic carbocycles. The number of carbonyl (C=O) groups excluding carboxylic acids is 1. The summed E-state index contributed by atoms with van der Waals surface area (Å²) in [5.41, 5.74) is 2.23. The van der Waals surface area contributed by atoms with E-state index in [2.05, 4.69) is 18.4 Å². The molecule has 0 aromatic heterocycles. The van der Waals surface area contributed by atoms with Crippen LogP contribution < -0.4 is 4.74 Å². The van der Waals surface area contributed by atoms with Crippen LogP contribution in [-0.2, 0) is 9.53 Å². The van der Waals surface area contributed by atoms with Crippen LogP contribution in [0.2, 0.25) is 0 Å². The van der Waals surface area contributed by atoms with Crippen molar-refractivity contribution in [2.75, 3.05) is 6.61 Å². The number of rotatable bonds is 5. The second-order valence-electron chi connectivity index (χ2n) is 7.27. The molecule has 1 fully saturated rings. The van der Waals surface area contributed by atoms with Gasteiger partial charge in [0.15, 0.2) is 0 Å². The SMILES string of the molecule is C=CCOC1CCC(C(=O)Oc2ccc(C#Cc3ccc(C)cc3)c(F)c2)CC1. The first-order valence-electron chi connectivity index (χ1n) is 9.87. The van der Waals surface area contributed by atoms with Gasteiger partial charge in [-0.25, -0.2) is 4.39 Å². The third kappa shape index (κ3) is 6.04. The molecule has 0 heterocycles. The van der Waals surface area contributed by atoms with E-state index in [4.69, 9.17) is 9.47 Å². The van der Waals surface area contributed by atoms with E-state index in [1.165, 1.54) is 6.07 Å². The monoisotopic (exact) mass is 392 g/mol. The predicted octanol–water partition coefficient (Wildman–Crippen LogP) is 5.20. The molecule has 150 valence electrons. The topological polar surface area (TPSA) is 35.5 Å². The number of hydrogen-bond acceptors (Lipinski definition) is 3. The van der Waals surface area contributed by atoms with Crippen LogP contribution in [0.5, 0.6) is 5.75 Å². The molecular formula is C25H25FO3. The maximum Gasteiger partial charge on any atom is 0.314 e. The molecule has 2 aromatic carbocycles. The van der Waals surface area contributed by atoms with E-state index in [1.54, 1.807) is 18.2 Å². The normalized spacial score (nSPS) is 18.4. The Labute approximate surface area is 171 Å². The Morgan fingerprint density at radius 2 is 1.86 bits per heavy atom. The minimum atomic E-state index is -0.503. The predicted molar refractivity (Wildman–Crippen MR) is 111 cm³/mol. The molecule has 0 radical (unpaired) electrons. The van der Waals surface area contributed by atoms with E-state index in [-0.39, 0.29) is 29.3 Å². The first kappa shape index (κ1) is 20.8. The summed E-state index contributed by atoms with van der Waals surface area (Å²) in [7, 11) is 0. The van der Waals surface area contributed by atoms with Crippen molar-refractivity contribution in [3.8, 4) is 17.6 Å². The van der Waals surface area contributed by atoms with Crippen molar-refractivity contribution in [1.82, 2.24) is 0 Å². The number of benzene rings is 2. The summed E-state index contributed by atoms with van der Waals surface area (Å²) in [6.07, 6.45) is 4.95. The van der Waals surface area contributed by atoms with Crippen molar-refractivity contribution < 1.29 is 18.7 Å². The molecule has 3 rings (SSSR count). The minimum absolute atomic E-state index is 0.167. The Balaban J connectivity index is 1.57. The second-order valence-corrected chi connectivity index (χ2v) is 7.27. The summed E-state index contributed by atoms with van der Waals surface area (Å²) in [4.78, 5) is 12.4. The van der Waals surface area contributed by atoms with Gasteiger partial charge in [-0.2, -0.15) is 0 Å². The number of carbonyl (C=O) groups is 1. The van der Waals surface area contributed by atoms with Crippen LogP contribution in [-0.4, -0.2) is 18.7 Å². The van der Waals surface area contributed by atoms with E-state index in [1.807, 2.05) is 31.2 Å². The van der Waals surface area contributed by atoms with Gasteiger partial charge < -0.3 is 9.47 Å².